The molecule has 302 valence electrons. The first-order valence-corrected chi connectivity index (χ1v) is 18.7. The van der Waals surface area contributed by atoms with Crippen molar-refractivity contribution >= 4 is 45.5 Å². The van der Waals surface area contributed by atoms with Gasteiger partial charge in [-0.25, -0.2) is 14.2 Å². The number of methoxy groups -OCH3 is 1. The van der Waals surface area contributed by atoms with Crippen LogP contribution in [0.3, 0.4) is 0 Å². The lowest BCUT2D eigenvalue weighted by molar-refractivity contribution is -0.138. The summed E-state index contributed by atoms with van der Waals surface area (Å²) in [4.78, 5) is 51.2. The van der Waals surface area contributed by atoms with E-state index in [1.54, 1.807) is 108 Å². The van der Waals surface area contributed by atoms with Crippen LogP contribution in [0, 0.1) is 46.3 Å². The van der Waals surface area contributed by atoms with E-state index in [0.717, 1.165) is 0 Å². The van der Waals surface area contributed by atoms with Gasteiger partial charge in [0.25, 0.3) is 17.7 Å². The molecule has 2 fully saturated rings. The lowest BCUT2D eigenvalue weighted by Gasteiger charge is -2.13. The highest BCUT2D eigenvalue weighted by molar-refractivity contribution is 6.05. The van der Waals surface area contributed by atoms with Gasteiger partial charge in [-0.3, -0.25) is 14.4 Å². The van der Waals surface area contributed by atoms with Crippen LogP contribution >= 0.6 is 0 Å². The second-order valence-corrected chi connectivity index (χ2v) is 14.3. The Labute approximate surface area is 348 Å². The number of amides is 3. The summed E-state index contributed by atoms with van der Waals surface area (Å²) in [6.07, 6.45) is 0.505. The number of nitrogens with two attached hydrogens (primary N) is 1. The molecule has 16 heteroatoms. The smallest absolute Gasteiger partial charge is 0.359 e. The van der Waals surface area contributed by atoms with E-state index in [9.17, 15) is 34.7 Å². The van der Waals surface area contributed by atoms with Crippen molar-refractivity contribution < 1.29 is 34.1 Å². The van der Waals surface area contributed by atoms with Gasteiger partial charge in [0.15, 0.2) is 11.4 Å². The molecule has 8 rings (SSSR count). The predicted molar refractivity (Wildman–Crippen MR) is 220 cm³/mol. The summed E-state index contributed by atoms with van der Waals surface area (Å²) in [5.41, 5.74) is 6.66. The van der Waals surface area contributed by atoms with Crippen LogP contribution < -0.4 is 5.73 Å². The van der Waals surface area contributed by atoms with Gasteiger partial charge in [0.05, 0.1) is 52.8 Å². The number of likely N-dealkylation sites (tertiary alicyclic amines) is 2. The number of rotatable bonds is 4. The molecular formula is C45H35N9O7. The molecule has 3 amide bonds. The first-order valence-electron chi connectivity index (χ1n) is 18.7. The third-order valence-corrected chi connectivity index (χ3v) is 10.3. The Balaban J connectivity index is 0.000000184. The average Bonchev–Trinajstić information content (AvgIpc) is 4.00. The Morgan fingerprint density at radius 2 is 1.13 bits per heavy atom. The fourth-order valence-electron chi connectivity index (χ4n) is 6.92. The van der Waals surface area contributed by atoms with Crippen molar-refractivity contribution in [2.45, 2.75) is 24.0 Å². The van der Waals surface area contributed by atoms with Crippen molar-refractivity contribution in [3.8, 4) is 47.2 Å². The van der Waals surface area contributed by atoms with Crippen molar-refractivity contribution in [3.05, 3.63) is 119 Å². The number of fused-ring (bicyclic) bond motifs is 2. The molecule has 6 aromatic rings. The zero-order valence-electron chi connectivity index (χ0n) is 33.0. The van der Waals surface area contributed by atoms with E-state index >= 15 is 0 Å². The predicted octanol–water partition coefficient (Wildman–Crippen LogP) is 2.57. The van der Waals surface area contributed by atoms with E-state index in [4.69, 9.17) is 15.7 Å². The van der Waals surface area contributed by atoms with Crippen LogP contribution in [0.4, 0.5) is 0 Å². The molecule has 0 unspecified atom stereocenters. The Morgan fingerprint density at radius 1 is 0.689 bits per heavy atom. The summed E-state index contributed by atoms with van der Waals surface area (Å²) in [6.45, 7) is 0.897. The normalized spacial score (nSPS) is 18.0. The van der Waals surface area contributed by atoms with Gasteiger partial charge in [0.2, 0.25) is 11.2 Å². The summed E-state index contributed by atoms with van der Waals surface area (Å²) in [5, 5.41) is 49.0. The van der Waals surface area contributed by atoms with Crippen molar-refractivity contribution in [1.29, 1.82) is 10.5 Å². The number of likely N-dealkylation sites (N-methyl/N-ethyl adjacent to an activating group) is 2. The van der Waals surface area contributed by atoms with E-state index in [1.807, 2.05) is 6.07 Å². The summed E-state index contributed by atoms with van der Waals surface area (Å²) < 4.78 is 7.95. The van der Waals surface area contributed by atoms with E-state index in [-0.39, 0.29) is 24.2 Å². The standard InChI is InChI=1S/C23H18N4O4.C22H17N5O3/c1-26-11-10-23(30,22(26)29)9-8-15-4-3-5-17(12-15)27-19-7-6-16(14-24)13-18(19)20(25-27)21(28)31-2;1-26-10-9-22(30,21(26)29)8-7-14-3-2-4-16(11-14)27-18-6-5-15(13-23)12-17(18)19(25-27)20(24)28/h3-7,12-13,30H,10-11H2,1-2H3;2-6,11-12,30H,9-10H2,1H3,(H2,24,28)/t23-;22-/m00/s1. The molecule has 0 saturated carbocycles. The van der Waals surface area contributed by atoms with Gasteiger partial charge in [-0.2, -0.15) is 20.7 Å². The minimum absolute atomic E-state index is 0.0625. The number of aliphatic hydroxyl groups is 2. The van der Waals surface area contributed by atoms with E-state index in [1.165, 1.54) is 16.9 Å². The third kappa shape index (κ3) is 7.84. The van der Waals surface area contributed by atoms with Crippen LogP contribution in [0.5, 0.6) is 0 Å². The maximum absolute atomic E-state index is 12.2. The van der Waals surface area contributed by atoms with Crippen molar-refractivity contribution in [1.82, 2.24) is 29.4 Å². The van der Waals surface area contributed by atoms with Crippen LogP contribution in [-0.4, -0.2) is 109 Å². The summed E-state index contributed by atoms with van der Waals surface area (Å²) in [5.74, 6) is 8.97. The minimum Gasteiger partial charge on any atom is -0.464 e. The number of aromatic nitrogens is 4. The molecule has 4 heterocycles. The summed E-state index contributed by atoms with van der Waals surface area (Å²) in [7, 11) is 4.52. The SMILES string of the molecule is CN1CC[C@@](O)(C#Cc2cccc(-n3nc(C(N)=O)c4cc(C#N)ccc43)c2)C1=O.COC(=O)c1nn(-c2cccc(C#C[C@]3(O)CCN(C)C3=O)c2)c2ccc(C#N)cc12. The molecule has 61 heavy (non-hydrogen) atoms. The fraction of sp³-hybridized carbons (Fsp3) is 0.200. The highest BCUT2D eigenvalue weighted by Gasteiger charge is 2.43. The number of carbonyl (C=O) groups is 4. The highest BCUT2D eigenvalue weighted by atomic mass is 16.5. The number of nitriles is 2. The second kappa shape index (κ2) is 16.2. The number of benzene rings is 4. The van der Waals surface area contributed by atoms with Crippen LogP contribution in [-0.2, 0) is 14.3 Å². The van der Waals surface area contributed by atoms with Gasteiger partial charge in [0, 0.05) is 61.9 Å². The minimum atomic E-state index is -1.69. The lowest BCUT2D eigenvalue weighted by Crippen LogP contribution is -2.37. The quantitative estimate of drug-likeness (QED) is 0.173. The Kier molecular flexibility index (Phi) is 10.8. The zero-order valence-corrected chi connectivity index (χ0v) is 33.0. The van der Waals surface area contributed by atoms with Gasteiger partial charge in [-0.05, 0) is 72.8 Å². The number of carbonyl (C=O) groups excluding carboxylic acids is 4. The highest BCUT2D eigenvalue weighted by Crippen LogP contribution is 2.27. The summed E-state index contributed by atoms with van der Waals surface area (Å²) >= 11 is 0. The van der Waals surface area contributed by atoms with Crippen LogP contribution in [0.1, 0.15) is 56.1 Å². The van der Waals surface area contributed by atoms with Crippen LogP contribution in [0.2, 0.25) is 0 Å². The van der Waals surface area contributed by atoms with Crippen LogP contribution in [0.15, 0.2) is 84.9 Å². The average molecular weight is 814 g/mol. The molecule has 16 nitrogen and oxygen atoms in total. The van der Waals surface area contributed by atoms with E-state index < -0.39 is 34.9 Å². The Morgan fingerprint density at radius 3 is 1.52 bits per heavy atom. The fourth-order valence-corrected chi connectivity index (χ4v) is 6.92. The number of primary amides is 1. The zero-order chi connectivity index (χ0) is 43.6. The van der Waals surface area contributed by atoms with Gasteiger partial charge in [-0.1, -0.05) is 35.8 Å². The molecule has 0 bridgehead atoms. The van der Waals surface area contributed by atoms with Crippen molar-refractivity contribution in [2.75, 3.05) is 34.3 Å². The summed E-state index contributed by atoms with van der Waals surface area (Å²) in [6, 6.07) is 28.0. The molecule has 4 N–H and O–H groups in total. The van der Waals surface area contributed by atoms with Gasteiger partial charge in [-0.15, -0.1) is 0 Å². The van der Waals surface area contributed by atoms with Gasteiger partial charge >= 0.3 is 5.97 Å². The topological polar surface area (TPSA) is 234 Å². The molecule has 0 radical (unpaired) electrons. The molecule has 0 aliphatic carbocycles. The molecule has 2 atom stereocenters. The third-order valence-electron chi connectivity index (χ3n) is 10.3. The van der Waals surface area contributed by atoms with E-state index in [2.05, 4.69) is 39.9 Å². The molecule has 2 aromatic heterocycles. The molecule has 2 saturated heterocycles. The molecular weight excluding hydrogens is 779 g/mol. The van der Waals surface area contributed by atoms with Gasteiger partial charge in [0.1, 0.15) is 0 Å². The van der Waals surface area contributed by atoms with Crippen molar-refractivity contribution in [3.63, 3.8) is 0 Å². The molecule has 2 aliphatic rings. The molecule has 0 spiro atoms. The first kappa shape index (κ1) is 40.9. The number of esters is 1. The number of nitrogens with zero attached hydrogens (tertiary/aromatic N) is 8. The largest absolute Gasteiger partial charge is 0.464 e. The van der Waals surface area contributed by atoms with Gasteiger partial charge < -0.3 is 30.5 Å². The van der Waals surface area contributed by atoms with E-state index in [0.29, 0.717) is 68.5 Å². The van der Waals surface area contributed by atoms with Crippen molar-refractivity contribution in [2.24, 2.45) is 5.73 Å². The second-order valence-electron chi connectivity index (χ2n) is 14.3. The first-order chi connectivity index (χ1) is 29.2. The number of hydrogen-bond donors (Lipinski definition) is 3. The monoisotopic (exact) mass is 813 g/mol. The Bertz CT molecular complexity index is 3040. The maximum Gasteiger partial charge on any atom is 0.359 e. The lowest BCUT2D eigenvalue weighted by atomic mass is 10.0. The number of hydrogen-bond acceptors (Lipinski definition) is 11. The maximum atomic E-state index is 12.2. The Hall–Kier alpha value is -8.28. The molecule has 2 aliphatic heterocycles. The molecule has 4 aromatic carbocycles. The number of ether oxygens (including phenoxy) is 1. The van der Waals surface area contributed by atoms with Crippen LogP contribution in [0.25, 0.3) is 33.2 Å².